The van der Waals surface area contributed by atoms with Crippen LogP contribution < -0.4 is 4.90 Å². The van der Waals surface area contributed by atoms with Gasteiger partial charge in [0.2, 0.25) is 5.95 Å². The zero-order chi connectivity index (χ0) is 10.8. The van der Waals surface area contributed by atoms with Crippen molar-refractivity contribution in [1.29, 1.82) is 0 Å². The van der Waals surface area contributed by atoms with Crippen molar-refractivity contribution in [3.63, 3.8) is 0 Å². The summed E-state index contributed by atoms with van der Waals surface area (Å²) in [6.07, 6.45) is 4.52. The third kappa shape index (κ3) is 1.76. The summed E-state index contributed by atoms with van der Waals surface area (Å²) in [7, 11) is 0. The van der Waals surface area contributed by atoms with Gasteiger partial charge in [-0.1, -0.05) is 0 Å². The van der Waals surface area contributed by atoms with Crippen LogP contribution in [0.3, 0.4) is 0 Å². The highest BCUT2D eigenvalue weighted by Crippen LogP contribution is 2.28. The van der Waals surface area contributed by atoms with Gasteiger partial charge in [-0.25, -0.2) is 9.97 Å². The van der Waals surface area contributed by atoms with Gasteiger partial charge in [-0.05, 0) is 6.07 Å². The first-order chi connectivity index (χ1) is 7.88. The minimum atomic E-state index is -0.128. The maximum atomic E-state index is 5.86. The number of nitrogens with zero attached hydrogens (tertiary/aromatic N) is 3. The fraction of sp³-hybridized carbons (Fsp3) is 0.636. The van der Waals surface area contributed by atoms with Crippen LogP contribution in [0.2, 0.25) is 0 Å². The van der Waals surface area contributed by atoms with Crippen LogP contribution in [0, 0.1) is 0 Å². The predicted octanol–water partition coefficient (Wildman–Crippen LogP) is 0.472. The van der Waals surface area contributed by atoms with Crippen LogP contribution in [0.15, 0.2) is 18.5 Å². The molecule has 0 aromatic carbocycles. The summed E-state index contributed by atoms with van der Waals surface area (Å²) in [5.74, 6) is 0.789. The molecule has 1 aromatic rings. The molecule has 1 atom stereocenters. The number of morpholine rings is 1. The predicted molar refractivity (Wildman–Crippen MR) is 58.4 cm³/mol. The van der Waals surface area contributed by atoms with Crippen molar-refractivity contribution in [2.45, 2.75) is 12.0 Å². The molecule has 0 N–H and O–H groups in total. The van der Waals surface area contributed by atoms with Gasteiger partial charge in [-0.2, -0.15) is 0 Å². The van der Waals surface area contributed by atoms with Gasteiger partial charge in [0.15, 0.2) is 0 Å². The molecule has 0 amide bonds. The van der Waals surface area contributed by atoms with Crippen molar-refractivity contribution < 1.29 is 9.47 Å². The zero-order valence-electron chi connectivity index (χ0n) is 9.13. The van der Waals surface area contributed by atoms with Crippen LogP contribution in [-0.2, 0) is 9.47 Å². The summed E-state index contributed by atoms with van der Waals surface area (Å²) in [5.41, 5.74) is -0.128. The van der Waals surface area contributed by atoms with E-state index in [1.165, 1.54) is 0 Å². The summed E-state index contributed by atoms with van der Waals surface area (Å²) in [6.45, 7) is 3.89. The lowest BCUT2D eigenvalue weighted by atomic mass is 10.0. The maximum absolute atomic E-state index is 5.86. The van der Waals surface area contributed by atoms with E-state index in [2.05, 4.69) is 14.9 Å². The topological polar surface area (TPSA) is 47.5 Å². The summed E-state index contributed by atoms with van der Waals surface area (Å²) in [6, 6.07) is 1.83. The lowest BCUT2D eigenvalue weighted by molar-refractivity contribution is -0.0583. The van der Waals surface area contributed by atoms with Crippen molar-refractivity contribution in [2.75, 3.05) is 37.8 Å². The van der Waals surface area contributed by atoms with Crippen LogP contribution in [-0.4, -0.2) is 48.5 Å². The summed E-state index contributed by atoms with van der Waals surface area (Å²) in [5, 5.41) is 0. The molecule has 1 spiro atoms. The molecule has 0 saturated carbocycles. The number of rotatable bonds is 1. The van der Waals surface area contributed by atoms with Gasteiger partial charge in [0.05, 0.1) is 19.8 Å². The minimum Gasteiger partial charge on any atom is -0.378 e. The van der Waals surface area contributed by atoms with E-state index in [1.807, 2.05) is 6.07 Å². The molecule has 0 aliphatic carbocycles. The average Bonchev–Trinajstić information content (AvgIpc) is 2.78. The van der Waals surface area contributed by atoms with E-state index in [4.69, 9.17) is 9.47 Å². The Kier molecular flexibility index (Phi) is 2.49. The number of hydrogen-bond acceptors (Lipinski definition) is 5. The summed E-state index contributed by atoms with van der Waals surface area (Å²) < 4.78 is 11.3. The molecule has 2 aliphatic heterocycles. The molecule has 5 nitrogen and oxygen atoms in total. The summed E-state index contributed by atoms with van der Waals surface area (Å²) in [4.78, 5) is 10.7. The smallest absolute Gasteiger partial charge is 0.225 e. The van der Waals surface area contributed by atoms with Crippen LogP contribution in [0.25, 0.3) is 0 Å². The molecule has 0 bridgehead atoms. The normalized spacial score (nSPS) is 29.9. The Morgan fingerprint density at radius 1 is 1.25 bits per heavy atom. The Morgan fingerprint density at radius 3 is 2.88 bits per heavy atom. The van der Waals surface area contributed by atoms with Crippen LogP contribution in [0.5, 0.6) is 0 Å². The highest BCUT2D eigenvalue weighted by molar-refractivity contribution is 5.30. The van der Waals surface area contributed by atoms with E-state index in [0.717, 1.165) is 38.7 Å². The maximum Gasteiger partial charge on any atom is 0.225 e. The van der Waals surface area contributed by atoms with Crippen LogP contribution in [0.1, 0.15) is 6.42 Å². The van der Waals surface area contributed by atoms with E-state index in [1.54, 1.807) is 12.4 Å². The Balaban J connectivity index is 1.77. The molecule has 2 aliphatic rings. The molecule has 2 saturated heterocycles. The number of ether oxygens (including phenoxy) is 2. The molecule has 2 fully saturated rings. The fourth-order valence-electron chi connectivity index (χ4n) is 2.30. The average molecular weight is 221 g/mol. The van der Waals surface area contributed by atoms with Gasteiger partial charge in [-0.15, -0.1) is 0 Å². The van der Waals surface area contributed by atoms with Gasteiger partial charge < -0.3 is 14.4 Å². The molecule has 16 heavy (non-hydrogen) atoms. The van der Waals surface area contributed by atoms with E-state index in [9.17, 15) is 0 Å². The van der Waals surface area contributed by atoms with Gasteiger partial charge in [0.25, 0.3) is 0 Å². The minimum absolute atomic E-state index is 0.128. The van der Waals surface area contributed by atoms with Gasteiger partial charge in [0, 0.05) is 32.0 Å². The zero-order valence-corrected chi connectivity index (χ0v) is 9.13. The van der Waals surface area contributed by atoms with Crippen molar-refractivity contribution in [2.24, 2.45) is 0 Å². The van der Waals surface area contributed by atoms with Crippen molar-refractivity contribution in [1.82, 2.24) is 9.97 Å². The Bertz CT molecular complexity index is 352. The second kappa shape index (κ2) is 3.99. The second-order valence-electron chi connectivity index (χ2n) is 4.30. The van der Waals surface area contributed by atoms with Crippen molar-refractivity contribution in [3.05, 3.63) is 18.5 Å². The quantitative estimate of drug-likeness (QED) is 0.690. The molecular formula is C11H15N3O2. The summed E-state index contributed by atoms with van der Waals surface area (Å²) >= 11 is 0. The number of hydrogen-bond donors (Lipinski definition) is 0. The second-order valence-corrected chi connectivity index (χ2v) is 4.30. The van der Waals surface area contributed by atoms with Crippen LogP contribution in [0.4, 0.5) is 5.95 Å². The first kappa shape index (κ1) is 9.99. The third-order valence-electron chi connectivity index (χ3n) is 3.15. The van der Waals surface area contributed by atoms with Gasteiger partial charge >= 0.3 is 0 Å². The van der Waals surface area contributed by atoms with E-state index >= 15 is 0 Å². The Hall–Kier alpha value is -1.20. The molecule has 1 unspecified atom stereocenters. The van der Waals surface area contributed by atoms with E-state index in [0.29, 0.717) is 6.61 Å². The fourth-order valence-corrected chi connectivity index (χ4v) is 2.30. The van der Waals surface area contributed by atoms with Crippen molar-refractivity contribution >= 4 is 5.95 Å². The SMILES string of the molecule is c1cnc(N2CCOC3(CCOC3)C2)nc1. The molecular weight excluding hydrogens is 206 g/mol. The first-order valence-electron chi connectivity index (χ1n) is 5.62. The number of aromatic nitrogens is 2. The lowest BCUT2D eigenvalue weighted by Crippen LogP contribution is -2.52. The molecule has 1 aromatic heterocycles. The van der Waals surface area contributed by atoms with Gasteiger partial charge in [-0.3, -0.25) is 0 Å². The largest absolute Gasteiger partial charge is 0.378 e. The lowest BCUT2D eigenvalue weighted by Gasteiger charge is -2.39. The molecule has 86 valence electrons. The highest BCUT2D eigenvalue weighted by Gasteiger charge is 2.40. The first-order valence-corrected chi connectivity index (χ1v) is 5.62. The molecule has 3 heterocycles. The monoisotopic (exact) mass is 221 g/mol. The van der Waals surface area contributed by atoms with Crippen molar-refractivity contribution in [3.8, 4) is 0 Å². The Labute approximate surface area is 94.4 Å². The highest BCUT2D eigenvalue weighted by atomic mass is 16.6. The molecule has 3 rings (SSSR count). The number of anilines is 1. The van der Waals surface area contributed by atoms with Gasteiger partial charge in [0.1, 0.15) is 5.60 Å². The molecule has 0 radical (unpaired) electrons. The Morgan fingerprint density at radius 2 is 2.12 bits per heavy atom. The van der Waals surface area contributed by atoms with Crippen LogP contribution >= 0.6 is 0 Å². The van der Waals surface area contributed by atoms with E-state index < -0.39 is 0 Å². The standard InChI is InChI=1S/C11H15N3O2/c1-3-12-10(13-4-1)14-5-7-16-11(8-14)2-6-15-9-11/h1,3-4H,2,5-9H2. The van der Waals surface area contributed by atoms with E-state index in [-0.39, 0.29) is 5.60 Å². The molecule has 5 heteroatoms. The third-order valence-corrected chi connectivity index (χ3v) is 3.15.